The molecule has 0 radical (unpaired) electrons. The molecule has 2 rings (SSSR count). The largest absolute Gasteiger partial charge is 0.383 e. The first kappa shape index (κ1) is 15.3. The Morgan fingerprint density at radius 3 is 2.65 bits per heavy atom. The van der Waals surface area contributed by atoms with Crippen LogP contribution in [0.2, 0.25) is 0 Å². The topological polar surface area (TPSA) is 33.7 Å². The second kappa shape index (κ2) is 7.62. The summed E-state index contributed by atoms with van der Waals surface area (Å²) in [5.74, 6) is 0. The zero-order valence-corrected chi connectivity index (χ0v) is 12.8. The number of nitrogens with zero attached hydrogens (tertiary/aromatic N) is 1. The molecular weight excluding hydrogens is 252 g/mol. The van der Waals surface area contributed by atoms with Gasteiger partial charge in [0.1, 0.15) is 0 Å². The van der Waals surface area contributed by atoms with Crippen molar-refractivity contribution in [1.29, 1.82) is 0 Å². The molecule has 4 nitrogen and oxygen atoms in total. The van der Waals surface area contributed by atoms with E-state index in [2.05, 4.69) is 48.3 Å². The highest BCUT2D eigenvalue weighted by Crippen LogP contribution is 2.24. The molecule has 1 saturated heterocycles. The summed E-state index contributed by atoms with van der Waals surface area (Å²) in [5.41, 5.74) is 2.66. The van der Waals surface area contributed by atoms with Crippen molar-refractivity contribution in [2.75, 3.05) is 38.3 Å². The molecule has 2 unspecified atom stereocenters. The Kier molecular flexibility index (Phi) is 5.83. The van der Waals surface area contributed by atoms with Crippen LogP contribution in [0.15, 0.2) is 24.3 Å². The van der Waals surface area contributed by atoms with Crippen LogP contribution in [-0.2, 0) is 16.0 Å². The van der Waals surface area contributed by atoms with Gasteiger partial charge in [-0.05, 0) is 25.5 Å². The third kappa shape index (κ3) is 4.20. The second-order valence-corrected chi connectivity index (χ2v) is 5.46. The number of ether oxygens (including phenoxy) is 2. The van der Waals surface area contributed by atoms with Crippen LogP contribution < -0.4 is 10.2 Å². The third-order valence-corrected chi connectivity index (χ3v) is 3.55. The van der Waals surface area contributed by atoms with E-state index in [1.165, 1.54) is 11.3 Å². The van der Waals surface area contributed by atoms with Crippen LogP contribution in [0, 0.1) is 0 Å². The van der Waals surface area contributed by atoms with Gasteiger partial charge in [0.15, 0.2) is 0 Å². The van der Waals surface area contributed by atoms with Gasteiger partial charge in [0, 0.05) is 39.0 Å². The molecule has 0 saturated carbocycles. The number of nitrogens with one attached hydrogen (secondary N) is 1. The van der Waals surface area contributed by atoms with Gasteiger partial charge in [0.05, 0.1) is 18.8 Å². The van der Waals surface area contributed by atoms with E-state index in [9.17, 15) is 0 Å². The molecule has 1 N–H and O–H groups in total. The highest BCUT2D eigenvalue weighted by molar-refractivity contribution is 5.54. The predicted molar refractivity (Wildman–Crippen MR) is 82.2 cm³/mol. The molecule has 0 spiro atoms. The summed E-state index contributed by atoms with van der Waals surface area (Å²) in [7, 11) is 1.73. The Balaban J connectivity index is 2.03. The second-order valence-electron chi connectivity index (χ2n) is 5.46. The average molecular weight is 278 g/mol. The lowest BCUT2D eigenvalue weighted by Gasteiger charge is -2.37. The molecule has 1 aromatic carbocycles. The summed E-state index contributed by atoms with van der Waals surface area (Å²) >= 11 is 0. The Hall–Kier alpha value is -1.10. The third-order valence-electron chi connectivity index (χ3n) is 3.55. The fourth-order valence-electron chi connectivity index (χ4n) is 2.74. The van der Waals surface area contributed by atoms with Crippen molar-refractivity contribution in [3.05, 3.63) is 29.8 Å². The van der Waals surface area contributed by atoms with E-state index < -0.39 is 0 Å². The summed E-state index contributed by atoms with van der Waals surface area (Å²) < 4.78 is 10.9. The number of para-hydroxylation sites is 1. The molecule has 4 heteroatoms. The van der Waals surface area contributed by atoms with Crippen LogP contribution in [-0.4, -0.2) is 45.6 Å². The number of rotatable bonds is 6. The summed E-state index contributed by atoms with van der Waals surface area (Å²) in [5, 5.41) is 3.42. The van der Waals surface area contributed by atoms with Crippen molar-refractivity contribution in [1.82, 2.24) is 5.32 Å². The van der Waals surface area contributed by atoms with Gasteiger partial charge < -0.3 is 19.7 Å². The van der Waals surface area contributed by atoms with Gasteiger partial charge in [-0.1, -0.05) is 18.2 Å². The monoisotopic (exact) mass is 278 g/mol. The Bertz CT molecular complexity index is 401. The quantitative estimate of drug-likeness (QED) is 0.807. The van der Waals surface area contributed by atoms with Gasteiger partial charge in [-0.3, -0.25) is 0 Å². The lowest BCUT2D eigenvalue weighted by atomic mass is 10.1. The average Bonchev–Trinajstić information content (AvgIpc) is 2.43. The minimum absolute atomic E-state index is 0.285. The maximum absolute atomic E-state index is 5.82. The van der Waals surface area contributed by atoms with E-state index in [4.69, 9.17) is 9.47 Å². The van der Waals surface area contributed by atoms with Crippen LogP contribution in [0.5, 0.6) is 0 Å². The van der Waals surface area contributed by atoms with E-state index in [1.807, 2.05) is 0 Å². The number of hydrogen-bond acceptors (Lipinski definition) is 4. The fraction of sp³-hybridized carbons (Fsp3) is 0.625. The van der Waals surface area contributed by atoms with Crippen LogP contribution in [0.3, 0.4) is 0 Å². The molecule has 112 valence electrons. The lowest BCUT2D eigenvalue weighted by Crippen LogP contribution is -2.46. The molecule has 1 aliphatic rings. The summed E-state index contributed by atoms with van der Waals surface area (Å²) in [6.07, 6.45) is 0.571. The van der Waals surface area contributed by atoms with Crippen LogP contribution in [0.1, 0.15) is 19.4 Å². The first-order valence-corrected chi connectivity index (χ1v) is 7.38. The van der Waals surface area contributed by atoms with Crippen LogP contribution in [0.25, 0.3) is 0 Å². The van der Waals surface area contributed by atoms with Gasteiger partial charge >= 0.3 is 0 Å². The van der Waals surface area contributed by atoms with Gasteiger partial charge in [-0.25, -0.2) is 0 Å². The van der Waals surface area contributed by atoms with Crippen molar-refractivity contribution < 1.29 is 9.47 Å². The van der Waals surface area contributed by atoms with Crippen molar-refractivity contribution >= 4 is 5.69 Å². The molecule has 1 aliphatic heterocycles. The minimum atomic E-state index is 0.285. The van der Waals surface area contributed by atoms with Gasteiger partial charge in [0.2, 0.25) is 0 Å². The maximum atomic E-state index is 5.82. The van der Waals surface area contributed by atoms with Crippen molar-refractivity contribution in [2.45, 2.75) is 32.6 Å². The molecule has 0 bridgehead atoms. The summed E-state index contributed by atoms with van der Waals surface area (Å²) in [4.78, 5) is 2.44. The van der Waals surface area contributed by atoms with E-state index in [1.54, 1.807) is 7.11 Å². The predicted octanol–water partition coefficient (Wildman–Crippen LogP) is 2.04. The number of methoxy groups -OCH3 is 1. The van der Waals surface area contributed by atoms with E-state index in [0.717, 1.165) is 32.8 Å². The van der Waals surface area contributed by atoms with Gasteiger partial charge in [-0.2, -0.15) is 0 Å². The Morgan fingerprint density at radius 2 is 1.95 bits per heavy atom. The number of hydrogen-bond donors (Lipinski definition) is 1. The molecule has 0 aliphatic carbocycles. The molecule has 1 fully saturated rings. The van der Waals surface area contributed by atoms with Crippen molar-refractivity contribution in [3.63, 3.8) is 0 Å². The summed E-state index contributed by atoms with van der Waals surface area (Å²) in [6.45, 7) is 8.69. The zero-order valence-electron chi connectivity index (χ0n) is 12.8. The first-order chi connectivity index (χ1) is 9.70. The standard InChI is InChI=1S/C16H26N2O2/c1-13-11-18(12-14(2)20-13)16-7-5-4-6-15(16)10-17-8-9-19-3/h4-7,13-14,17H,8-12H2,1-3H3. The molecule has 1 heterocycles. The SMILES string of the molecule is COCCNCc1ccccc1N1CC(C)OC(C)C1. The minimum Gasteiger partial charge on any atom is -0.383 e. The van der Waals surface area contributed by atoms with E-state index in [0.29, 0.717) is 0 Å². The molecule has 1 aromatic rings. The van der Waals surface area contributed by atoms with E-state index >= 15 is 0 Å². The molecule has 0 aromatic heterocycles. The molecule has 20 heavy (non-hydrogen) atoms. The number of benzene rings is 1. The fourth-order valence-corrected chi connectivity index (χ4v) is 2.74. The molecular formula is C16H26N2O2. The Morgan fingerprint density at radius 1 is 1.25 bits per heavy atom. The van der Waals surface area contributed by atoms with E-state index in [-0.39, 0.29) is 12.2 Å². The summed E-state index contributed by atoms with van der Waals surface area (Å²) in [6, 6.07) is 8.61. The number of anilines is 1. The molecule has 0 amide bonds. The van der Waals surface area contributed by atoms with Crippen LogP contribution in [0.4, 0.5) is 5.69 Å². The normalized spacial score (nSPS) is 23.1. The van der Waals surface area contributed by atoms with Crippen molar-refractivity contribution in [3.8, 4) is 0 Å². The smallest absolute Gasteiger partial charge is 0.0726 e. The first-order valence-electron chi connectivity index (χ1n) is 7.38. The van der Waals surface area contributed by atoms with Crippen molar-refractivity contribution in [2.24, 2.45) is 0 Å². The number of morpholine rings is 1. The Labute approximate surface area is 122 Å². The maximum Gasteiger partial charge on any atom is 0.0726 e. The highest BCUT2D eigenvalue weighted by Gasteiger charge is 2.23. The van der Waals surface area contributed by atoms with Gasteiger partial charge in [-0.15, -0.1) is 0 Å². The zero-order chi connectivity index (χ0) is 14.4. The molecule has 2 atom stereocenters. The lowest BCUT2D eigenvalue weighted by molar-refractivity contribution is -0.00526. The van der Waals surface area contributed by atoms with Crippen LogP contribution >= 0.6 is 0 Å². The highest BCUT2D eigenvalue weighted by atomic mass is 16.5. The van der Waals surface area contributed by atoms with Gasteiger partial charge in [0.25, 0.3) is 0 Å².